The summed E-state index contributed by atoms with van der Waals surface area (Å²) in [5.41, 5.74) is 0. The lowest BCUT2D eigenvalue weighted by Gasteiger charge is -2.34. The van der Waals surface area contributed by atoms with E-state index in [1.807, 2.05) is 30.3 Å². The molecule has 1 aliphatic rings. The van der Waals surface area contributed by atoms with Gasteiger partial charge in [0, 0.05) is 19.5 Å². The third-order valence-corrected chi connectivity index (χ3v) is 4.36. The maximum Gasteiger partial charge on any atom is 0.308 e. The number of carbonyl (C=O) groups is 3. The number of piperazine rings is 1. The molecule has 7 heteroatoms. The van der Waals surface area contributed by atoms with Gasteiger partial charge in [-0.05, 0) is 18.6 Å². The molecule has 1 atom stereocenters. The minimum atomic E-state index is -0.796. The van der Waals surface area contributed by atoms with Crippen LogP contribution in [0.3, 0.4) is 0 Å². The molecular weight excluding hydrogens is 348 g/mol. The predicted octanol–water partition coefficient (Wildman–Crippen LogP) is 1.91. The lowest BCUT2D eigenvalue weighted by atomic mass is 10.1. The fourth-order valence-corrected chi connectivity index (χ4v) is 2.93. The second kappa shape index (κ2) is 11.2. The van der Waals surface area contributed by atoms with Gasteiger partial charge < -0.3 is 19.7 Å². The first-order valence-electron chi connectivity index (χ1n) is 9.52. The van der Waals surface area contributed by atoms with Crippen molar-refractivity contribution in [3.8, 4) is 5.75 Å². The third-order valence-electron chi connectivity index (χ3n) is 4.36. The third kappa shape index (κ3) is 6.92. The van der Waals surface area contributed by atoms with Crippen LogP contribution in [0, 0.1) is 0 Å². The molecule has 2 rings (SSSR count). The van der Waals surface area contributed by atoms with Gasteiger partial charge in [-0.3, -0.25) is 14.4 Å². The molecule has 1 heterocycles. The first-order valence-corrected chi connectivity index (χ1v) is 9.52. The normalized spacial score (nSPS) is 16.6. The van der Waals surface area contributed by atoms with E-state index in [2.05, 4.69) is 12.2 Å². The van der Waals surface area contributed by atoms with Crippen molar-refractivity contribution in [3.05, 3.63) is 30.3 Å². The summed E-state index contributed by atoms with van der Waals surface area (Å²) in [6.07, 6.45) is 3.05. The van der Waals surface area contributed by atoms with Gasteiger partial charge in [0.1, 0.15) is 25.0 Å². The van der Waals surface area contributed by atoms with E-state index in [-0.39, 0.29) is 31.4 Å². The van der Waals surface area contributed by atoms with Crippen molar-refractivity contribution < 1.29 is 23.9 Å². The van der Waals surface area contributed by atoms with E-state index in [0.717, 1.165) is 19.3 Å². The highest BCUT2D eigenvalue weighted by Crippen LogP contribution is 2.14. The topological polar surface area (TPSA) is 84.9 Å². The first-order chi connectivity index (χ1) is 13.1. The summed E-state index contributed by atoms with van der Waals surface area (Å²) in [6, 6.07) is 8.43. The molecule has 0 radical (unpaired) electrons. The van der Waals surface area contributed by atoms with Crippen LogP contribution in [0.5, 0.6) is 5.75 Å². The molecule has 0 spiro atoms. The minimum Gasteiger partial charge on any atom is -0.490 e. The van der Waals surface area contributed by atoms with E-state index in [9.17, 15) is 14.4 Å². The van der Waals surface area contributed by atoms with Crippen molar-refractivity contribution in [1.82, 2.24) is 10.2 Å². The van der Waals surface area contributed by atoms with Crippen molar-refractivity contribution in [1.29, 1.82) is 0 Å². The van der Waals surface area contributed by atoms with Gasteiger partial charge in [-0.25, -0.2) is 0 Å². The second-order valence-electron chi connectivity index (χ2n) is 6.44. The van der Waals surface area contributed by atoms with Crippen LogP contribution in [-0.4, -0.2) is 55.0 Å². The van der Waals surface area contributed by atoms with Crippen LogP contribution in [-0.2, 0) is 19.1 Å². The molecule has 1 N–H and O–H groups in total. The summed E-state index contributed by atoms with van der Waals surface area (Å²) < 4.78 is 10.6. The Balaban J connectivity index is 1.77. The highest BCUT2D eigenvalue weighted by atomic mass is 16.6. The summed E-state index contributed by atoms with van der Waals surface area (Å²) in [5, 5.41) is 2.71. The van der Waals surface area contributed by atoms with Crippen LogP contribution in [0.15, 0.2) is 30.3 Å². The van der Waals surface area contributed by atoms with E-state index < -0.39 is 12.0 Å². The van der Waals surface area contributed by atoms with E-state index in [1.54, 1.807) is 0 Å². The Morgan fingerprint density at radius 2 is 1.96 bits per heavy atom. The molecule has 1 aromatic carbocycles. The largest absolute Gasteiger partial charge is 0.490 e. The van der Waals surface area contributed by atoms with Gasteiger partial charge in [0.25, 0.3) is 0 Å². The Labute approximate surface area is 160 Å². The molecule has 0 unspecified atom stereocenters. The van der Waals surface area contributed by atoms with Crippen LogP contribution in [0.25, 0.3) is 0 Å². The number of amides is 2. The number of nitrogens with zero attached hydrogens (tertiary/aromatic N) is 1. The zero-order chi connectivity index (χ0) is 19.5. The summed E-state index contributed by atoms with van der Waals surface area (Å²) >= 11 is 0. The predicted molar refractivity (Wildman–Crippen MR) is 100 cm³/mol. The fourth-order valence-electron chi connectivity index (χ4n) is 2.93. The summed E-state index contributed by atoms with van der Waals surface area (Å²) in [6.45, 7) is 3.22. The van der Waals surface area contributed by atoms with E-state index in [0.29, 0.717) is 25.3 Å². The average molecular weight is 376 g/mol. The smallest absolute Gasteiger partial charge is 0.308 e. The number of hydrogen-bond acceptors (Lipinski definition) is 5. The molecule has 27 heavy (non-hydrogen) atoms. The number of ether oxygens (including phenoxy) is 2. The number of hydrogen-bond donors (Lipinski definition) is 1. The van der Waals surface area contributed by atoms with Gasteiger partial charge in [-0.1, -0.05) is 38.0 Å². The van der Waals surface area contributed by atoms with Crippen molar-refractivity contribution in [2.75, 3.05) is 26.3 Å². The van der Waals surface area contributed by atoms with Crippen LogP contribution in [0.1, 0.15) is 39.0 Å². The SMILES string of the molecule is CCCCCC(=O)N1CCNC(=O)[C@H]1CC(=O)OCCOc1ccccc1. The molecule has 2 amide bonds. The number of rotatable bonds is 10. The van der Waals surface area contributed by atoms with Gasteiger partial charge in [0.15, 0.2) is 0 Å². The molecule has 0 aromatic heterocycles. The van der Waals surface area contributed by atoms with Gasteiger partial charge in [-0.2, -0.15) is 0 Å². The molecule has 0 saturated carbocycles. The van der Waals surface area contributed by atoms with Gasteiger partial charge >= 0.3 is 5.97 Å². The quantitative estimate of drug-likeness (QED) is 0.498. The van der Waals surface area contributed by atoms with E-state index in [1.165, 1.54) is 4.90 Å². The van der Waals surface area contributed by atoms with E-state index >= 15 is 0 Å². The van der Waals surface area contributed by atoms with Crippen LogP contribution in [0.2, 0.25) is 0 Å². The van der Waals surface area contributed by atoms with Crippen molar-refractivity contribution in [3.63, 3.8) is 0 Å². The van der Waals surface area contributed by atoms with Gasteiger partial charge in [-0.15, -0.1) is 0 Å². The zero-order valence-corrected chi connectivity index (χ0v) is 15.8. The Bertz CT molecular complexity index is 620. The van der Waals surface area contributed by atoms with Gasteiger partial charge in [0.05, 0.1) is 6.42 Å². The summed E-state index contributed by atoms with van der Waals surface area (Å²) in [7, 11) is 0. The van der Waals surface area contributed by atoms with Crippen LogP contribution in [0.4, 0.5) is 0 Å². The number of carbonyl (C=O) groups excluding carboxylic acids is 3. The molecule has 1 aliphatic heterocycles. The molecule has 1 aromatic rings. The molecule has 1 saturated heterocycles. The molecule has 1 fully saturated rings. The van der Waals surface area contributed by atoms with E-state index in [4.69, 9.17) is 9.47 Å². The monoisotopic (exact) mass is 376 g/mol. The maximum atomic E-state index is 12.4. The minimum absolute atomic E-state index is 0.0801. The number of benzene rings is 1. The highest BCUT2D eigenvalue weighted by Gasteiger charge is 2.34. The van der Waals surface area contributed by atoms with Crippen molar-refractivity contribution in [2.45, 2.75) is 45.1 Å². The zero-order valence-electron chi connectivity index (χ0n) is 15.8. The maximum absolute atomic E-state index is 12.4. The summed E-state index contributed by atoms with van der Waals surface area (Å²) in [5.74, 6) is -0.199. The second-order valence-corrected chi connectivity index (χ2v) is 6.44. The number of nitrogens with one attached hydrogen (secondary N) is 1. The molecule has 148 valence electrons. The number of unbranched alkanes of at least 4 members (excludes halogenated alkanes) is 2. The van der Waals surface area contributed by atoms with Gasteiger partial charge in [0.2, 0.25) is 11.8 Å². The lowest BCUT2D eigenvalue weighted by Crippen LogP contribution is -2.57. The highest BCUT2D eigenvalue weighted by molar-refractivity contribution is 5.91. The molecule has 7 nitrogen and oxygen atoms in total. The molecular formula is C20H28N2O5. The molecule has 0 bridgehead atoms. The number of esters is 1. The fraction of sp³-hybridized carbons (Fsp3) is 0.550. The average Bonchev–Trinajstić information content (AvgIpc) is 2.68. The Kier molecular flexibility index (Phi) is 8.61. The first kappa shape index (κ1) is 20.7. The Morgan fingerprint density at radius 1 is 1.19 bits per heavy atom. The molecule has 0 aliphatic carbocycles. The van der Waals surface area contributed by atoms with Crippen molar-refractivity contribution >= 4 is 17.8 Å². The summed E-state index contributed by atoms with van der Waals surface area (Å²) in [4.78, 5) is 38.2. The Morgan fingerprint density at radius 3 is 2.70 bits per heavy atom. The Hall–Kier alpha value is -2.57. The standard InChI is InChI=1S/C20H28N2O5/c1-2-3-5-10-18(23)22-12-11-21-20(25)17(22)15-19(24)27-14-13-26-16-8-6-4-7-9-16/h4,6-9,17H,2-3,5,10-15H2,1H3,(H,21,25)/t17-/m1/s1. The van der Waals surface area contributed by atoms with Crippen molar-refractivity contribution in [2.24, 2.45) is 0 Å². The van der Waals surface area contributed by atoms with Crippen LogP contribution >= 0.6 is 0 Å². The van der Waals surface area contributed by atoms with Crippen LogP contribution < -0.4 is 10.1 Å². The lowest BCUT2D eigenvalue weighted by molar-refractivity contribution is -0.152. The number of para-hydroxylation sites is 1.